The molecule has 1 aromatic carbocycles. The molecule has 17 heavy (non-hydrogen) atoms. The Kier molecular flexibility index (Phi) is 3.58. The largest absolute Gasteiger partial charge is 0.369 e. The predicted molar refractivity (Wildman–Crippen MR) is 73.8 cm³/mol. The third-order valence-electron chi connectivity index (χ3n) is 2.74. The highest BCUT2D eigenvalue weighted by Crippen LogP contribution is 2.29. The van der Waals surface area contributed by atoms with E-state index in [-0.39, 0.29) is 12.3 Å². The Morgan fingerprint density at radius 3 is 2.76 bits per heavy atom. The highest BCUT2D eigenvalue weighted by atomic mass is 127. The van der Waals surface area contributed by atoms with Crippen LogP contribution >= 0.6 is 34.2 Å². The quantitative estimate of drug-likeness (QED) is 0.813. The molecular formula is C11H10ClIN2O2. The van der Waals surface area contributed by atoms with Crippen molar-refractivity contribution < 1.29 is 9.59 Å². The first-order valence-electron chi connectivity index (χ1n) is 5.04. The van der Waals surface area contributed by atoms with Gasteiger partial charge in [0.1, 0.15) is 0 Å². The number of carbonyl (C=O) groups is 2. The van der Waals surface area contributed by atoms with Crippen LogP contribution in [0.5, 0.6) is 0 Å². The molecular weight excluding hydrogens is 354 g/mol. The zero-order chi connectivity index (χ0) is 12.6. The molecule has 0 aliphatic carbocycles. The summed E-state index contributed by atoms with van der Waals surface area (Å²) in [4.78, 5) is 24.4. The van der Waals surface area contributed by atoms with E-state index < -0.39 is 11.8 Å². The van der Waals surface area contributed by atoms with Crippen molar-refractivity contribution in [1.82, 2.24) is 0 Å². The molecule has 0 aromatic heterocycles. The van der Waals surface area contributed by atoms with Crippen molar-refractivity contribution in [3.63, 3.8) is 0 Å². The lowest BCUT2D eigenvalue weighted by atomic mass is 10.1. The molecule has 6 heteroatoms. The van der Waals surface area contributed by atoms with Gasteiger partial charge in [0.25, 0.3) is 0 Å². The van der Waals surface area contributed by atoms with Gasteiger partial charge in [-0.15, -0.1) is 0 Å². The molecule has 2 rings (SSSR count). The maximum absolute atomic E-state index is 11.8. The maximum atomic E-state index is 11.8. The molecule has 1 aromatic rings. The lowest BCUT2D eigenvalue weighted by Crippen LogP contribution is -2.28. The van der Waals surface area contributed by atoms with Crippen LogP contribution in [0.15, 0.2) is 18.2 Å². The second kappa shape index (κ2) is 4.81. The van der Waals surface area contributed by atoms with Gasteiger partial charge in [0.2, 0.25) is 11.8 Å². The second-order valence-corrected chi connectivity index (χ2v) is 5.48. The van der Waals surface area contributed by atoms with Crippen molar-refractivity contribution in [2.75, 3.05) is 11.4 Å². The average Bonchev–Trinajstić information content (AvgIpc) is 2.65. The number of amides is 2. The Balaban J connectivity index is 2.26. The molecule has 1 aliphatic rings. The second-order valence-electron chi connectivity index (χ2n) is 3.91. The molecule has 2 N–H and O–H groups in total. The molecule has 0 spiro atoms. The number of hydrogen-bond donors (Lipinski definition) is 1. The Morgan fingerprint density at radius 2 is 2.24 bits per heavy atom. The summed E-state index contributed by atoms with van der Waals surface area (Å²) < 4.78 is 0.872. The minimum atomic E-state index is -0.426. The number of halogens is 2. The van der Waals surface area contributed by atoms with E-state index >= 15 is 0 Å². The third kappa shape index (κ3) is 2.55. The van der Waals surface area contributed by atoms with Crippen molar-refractivity contribution >= 4 is 51.7 Å². The summed E-state index contributed by atoms with van der Waals surface area (Å²) in [6.45, 7) is 0.353. The number of benzene rings is 1. The Bertz CT molecular complexity index is 492. The number of carbonyl (C=O) groups excluding carboxylic acids is 2. The van der Waals surface area contributed by atoms with Gasteiger partial charge in [-0.05, 0) is 40.8 Å². The zero-order valence-electron chi connectivity index (χ0n) is 8.82. The minimum absolute atomic E-state index is 0.0769. The van der Waals surface area contributed by atoms with Gasteiger partial charge < -0.3 is 10.6 Å². The van der Waals surface area contributed by atoms with E-state index in [0.717, 1.165) is 9.26 Å². The molecule has 4 nitrogen and oxygen atoms in total. The standard InChI is InChI=1S/C11H10ClIN2O2/c12-8-2-1-7(4-9(8)13)15-5-6(11(14)17)3-10(15)16/h1-2,4,6H,3,5H2,(H2,14,17). The van der Waals surface area contributed by atoms with E-state index in [1.54, 1.807) is 17.0 Å². The van der Waals surface area contributed by atoms with Crippen molar-refractivity contribution in [1.29, 1.82) is 0 Å². The number of nitrogens with zero attached hydrogens (tertiary/aromatic N) is 1. The summed E-state index contributed by atoms with van der Waals surface area (Å²) in [7, 11) is 0. The number of primary amides is 1. The molecule has 0 saturated carbocycles. The van der Waals surface area contributed by atoms with Crippen molar-refractivity contribution in [3.05, 3.63) is 26.8 Å². The fraction of sp³-hybridized carbons (Fsp3) is 0.273. The molecule has 90 valence electrons. The summed E-state index contributed by atoms with van der Waals surface area (Å²) in [5.74, 6) is -0.896. The van der Waals surface area contributed by atoms with Crippen LogP contribution in [0.4, 0.5) is 5.69 Å². The molecule has 1 atom stereocenters. The molecule has 0 radical (unpaired) electrons. The SMILES string of the molecule is NC(=O)C1CC(=O)N(c2ccc(Cl)c(I)c2)C1. The van der Waals surface area contributed by atoms with Crippen LogP contribution in [-0.2, 0) is 9.59 Å². The third-order valence-corrected chi connectivity index (χ3v) is 4.28. The summed E-state index contributed by atoms with van der Waals surface area (Å²) in [5.41, 5.74) is 5.97. The lowest BCUT2D eigenvalue weighted by Gasteiger charge is -2.16. The van der Waals surface area contributed by atoms with E-state index in [9.17, 15) is 9.59 Å². The highest BCUT2D eigenvalue weighted by molar-refractivity contribution is 14.1. The molecule has 0 bridgehead atoms. The van der Waals surface area contributed by atoms with Gasteiger partial charge in [-0.1, -0.05) is 11.6 Å². The fourth-order valence-electron chi connectivity index (χ4n) is 1.80. The van der Waals surface area contributed by atoms with Crippen molar-refractivity contribution in [3.8, 4) is 0 Å². The van der Waals surface area contributed by atoms with Crippen LogP contribution < -0.4 is 10.6 Å². The Labute approximate surface area is 117 Å². The minimum Gasteiger partial charge on any atom is -0.369 e. The van der Waals surface area contributed by atoms with E-state index in [0.29, 0.717) is 11.6 Å². The molecule has 1 aliphatic heterocycles. The fourth-order valence-corrected chi connectivity index (χ4v) is 2.42. The molecule has 1 saturated heterocycles. The first-order chi connectivity index (χ1) is 7.99. The van der Waals surface area contributed by atoms with Crippen LogP contribution in [0.1, 0.15) is 6.42 Å². The van der Waals surface area contributed by atoms with Crippen molar-refractivity contribution in [2.24, 2.45) is 11.7 Å². The smallest absolute Gasteiger partial charge is 0.227 e. The summed E-state index contributed by atoms with van der Waals surface area (Å²) >= 11 is 8.02. The number of hydrogen-bond acceptors (Lipinski definition) is 2. The Morgan fingerprint density at radius 1 is 1.53 bits per heavy atom. The zero-order valence-corrected chi connectivity index (χ0v) is 11.7. The average molecular weight is 365 g/mol. The predicted octanol–water partition coefficient (Wildman–Crippen LogP) is 1.78. The summed E-state index contributed by atoms with van der Waals surface area (Å²) in [6, 6.07) is 5.33. The van der Waals surface area contributed by atoms with Crippen molar-refractivity contribution in [2.45, 2.75) is 6.42 Å². The van der Waals surface area contributed by atoms with E-state index in [4.69, 9.17) is 17.3 Å². The summed E-state index contributed by atoms with van der Waals surface area (Å²) in [5, 5.41) is 0.646. The highest BCUT2D eigenvalue weighted by Gasteiger charge is 2.33. The van der Waals surface area contributed by atoms with Gasteiger partial charge in [-0.3, -0.25) is 9.59 Å². The lowest BCUT2D eigenvalue weighted by molar-refractivity contribution is -0.123. The topological polar surface area (TPSA) is 63.4 Å². The first kappa shape index (κ1) is 12.6. The Hall–Kier alpha value is -0.820. The first-order valence-corrected chi connectivity index (χ1v) is 6.49. The van der Waals surface area contributed by atoms with Gasteiger partial charge >= 0.3 is 0 Å². The van der Waals surface area contributed by atoms with Gasteiger partial charge in [-0.2, -0.15) is 0 Å². The van der Waals surface area contributed by atoms with Gasteiger partial charge in [0.15, 0.2) is 0 Å². The monoisotopic (exact) mass is 364 g/mol. The molecule has 1 fully saturated rings. The van der Waals surface area contributed by atoms with E-state index in [1.165, 1.54) is 0 Å². The molecule has 1 unspecified atom stereocenters. The number of rotatable bonds is 2. The molecule has 1 heterocycles. The van der Waals surface area contributed by atoms with E-state index in [2.05, 4.69) is 22.6 Å². The van der Waals surface area contributed by atoms with Gasteiger partial charge in [-0.25, -0.2) is 0 Å². The maximum Gasteiger partial charge on any atom is 0.227 e. The van der Waals surface area contributed by atoms with Crippen LogP contribution in [0.2, 0.25) is 5.02 Å². The van der Waals surface area contributed by atoms with Crippen LogP contribution in [0.25, 0.3) is 0 Å². The van der Waals surface area contributed by atoms with Crippen LogP contribution in [0.3, 0.4) is 0 Å². The van der Waals surface area contributed by atoms with Gasteiger partial charge in [0, 0.05) is 22.2 Å². The molecule has 2 amide bonds. The van der Waals surface area contributed by atoms with Crippen LogP contribution in [0, 0.1) is 9.49 Å². The van der Waals surface area contributed by atoms with E-state index in [1.807, 2.05) is 6.07 Å². The normalized spacial score (nSPS) is 19.8. The number of nitrogens with two attached hydrogens (primary N) is 1. The number of anilines is 1. The summed E-state index contributed by atoms with van der Waals surface area (Å²) in [6.07, 6.45) is 0.189. The van der Waals surface area contributed by atoms with Gasteiger partial charge in [0.05, 0.1) is 10.9 Å². The van der Waals surface area contributed by atoms with Crippen LogP contribution in [-0.4, -0.2) is 18.4 Å².